The molecule has 0 spiro atoms. The average molecular weight is 153 g/mol. The van der Waals surface area contributed by atoms with E-state index in [4.69, 9.17) is 5.73 Å². The fourth-order valence-electron chi connectivity index (χ4n) is 0.225. The number of quaternary nitrogens is 1. The van der Waals surface area contributed by atoms with Crippen LogP contribution in [-0.4, -0.2) is 24.6 Å². The summed E-state index contributed by atoms with van der Waals surface area (Å²) in [5.41, 5.74) is 8.98. The lowest BCUT2D eigenvalue weighted by molar-refractivity contribution is -0.360. The predicted molar refractivity (Wildman–Crippen MR) is 41.7 cm³/mol. The van der Waals surface area contributed by atoms with Gasteiger partial charge in [0, 0.05) is 12.3 Å². The van der Waals surface area contributed by atoms with Gasteiger partial charge in [0.25, 0.3) is 0 Å². The highest BCUT2D eigenvalue weighted by Crippen LogP contribution is 2.18. The van der Waals surface area contributed by atoms with Gasteiger partial charge in [-0.05, 0) is 0 Å². The van der Waals surface area contributed by atoms with E-state index in [1.165, 1.54) is 0 Å². The van der Waals surface area contributed by atoms with Crippen LogP contribution in [0.1, 0.15) is 0 Å². The zero-order valence-corrected chi connectivity index (χ0v) is 6.56. The summed E-state index contributed by atoms with van der Waals surface area (Å²) < 4.78 is 0. The van der Waals surface area contributed by atoms with Gasteiger partial charge in [-0.3, -0.25) is 0 Å². The Morgan fingerprint density at radius 1 is 1.25 bits per heavy atom. The molecule has 0 bridgehead atoms. The van der Waals surface area contributed by atoms with E-state index in [2.05, 4.69) is 5.73 Å². The molecule has 0 atom stereocenters. The summed E-state index contributed by atoms with van der Waals surface area (Å²) in [4.78, 5) is 0. The first-order valence-corrected chi connectivity index (χ1v) is 5.14. The second-order valence-corrected chi connectivity index (χ2v) is 3.99. The van der Waals surface area contributed by atoms with Crippen LogP contribution < -0.4 is 11.5 Å². The van der Waals surface area contributed by atoms with Crippen LogP contribution in [0.2, 0.25) is 0 Å². The van der Waals surface area contributed by atoms with Crippen LogP contribution in [0.3, 0.4) is 0 Å². The zero-order chi connectivity index (χ0) is 6.24. The van der Waals surface area contributed by atoms with Crippen LogP contribution in [0.4, 0.5) is 0 Å². The highest BCUT2D eigenvalue weighted by molar-refractivity contribution is 8.76. The van der Waals surface area contributed by atoms with E-state index in [0.29, 0.717) is 0 Å². The van der Waals surface area contributed by atoms with Crippen molar-refractivity contribution < 1.29 is 5.73 Å². The molecule has 50 valence electrons. The molecule has 8 heavy (non-hydrogen) atoms. The van der Waals surface area contributed by atoms with Gasteiger partial charge >= 0.3 is 0 Å². The Morgan fingerprint density at radius 3 is 2.38 bits per heavy atom. The molecule has 0 fully saturated rings. The van der Waals surface area contributed by atoms with Crippen molar-refractivity contribution in [2.45, 2.75) is 0 Å². The van der Waals surface area contributed by atoms with Gasteiger partial charge in [-0.15, -0.1) is 0 Å². The molecule has 0 saturated carbocycles. The van der Waals surface area contributed by atoms with E-state index in [0.717, 1.165) is 24.6 Å². The smallest absolute Gasteiger partial charge is 0.0840 e. The third-order valence-corrected chi connectivity index (χ3v) is 3.04. The fourth-order valence-corrected chi connectivity index (χ4v) is 2.02. The van der Waals surface area contributed by atoms with Crippen molar-refractivity contribution in [2.75, 3.05) is 24.6 Å². The van der Waals surface area contributed by atoms with Crippen molar-refractivity contribution in [3.63, 3.8) is 0 Å². The Labute approximate surface area is 58.2 Å². The summed E-state index contributed by atoms with van der Waals surface area (Å²) in [5.74, 6) is 2.20. The molecule has 0 saturated heterocycles. The summed E-state index contributed by atoms with van der Waals surface area (Å²) in [5, 5.41) is 0. The Kier molecular flexibility index (Phi) is 8.21. The predicted octanol–water partition coefficient (Wildman–Crippen LogP) is -0.432. The molecule has 4 heteroatoms. The minimum atomic E-state index is 0.787. The van der Waals surface area contributed by atoms with Gasteiger partial charge in [0.05, 0.1) is 12.3 Å². The van der Waals surface area contributed by atoms with Crippen molar-refractivity contribution in [2.24, 2.45) is 5.73 Å². The zero-order valence-electron chi connectivity index (χ0n) is 4.93. The molecule has 0 aromatic heterocycles. The SMILES string of the molecule is NCCSSCC[NH3+]. The third kappa shape index (κ3) is 6.62. The lowest BCUT2D eigenvalue weighted by atomic mass is 10.8. The first-order valence-electron chi connectivity index (χ1n) is 2.65. The molecule has 0 amide bonds. The van der Waals surface area contributed by atoms with Gasteiger partial charge in [-0.2, -0.15) is 0 Å². The van der Waals surface area contributed by atoms with E-state index in [1.807, 2.05) is 21.6 Å². The summed E-state index contributed by atoms with van der Waals surface area (Å²) in [6, 6.07) is 0. The van der Waals surface area contributed by atoms with Crippen LogP contribution in [-0.2, 0) is 0 Å². The molecule has 0 aromatic rings. The minimum absolute atomic E-state index is 0.787. The molecule has 5 N–H and O–H groups in total. The number of nitrogens with two attached hydrogens (primary N) is 1. The third-order valence-electron chi connectivity index (χ3n) is 0.512. The van der Waals surface area contributed by atoms with Crippen LogP contribution in [0.25, 0.3) is 0 Å². The fraction of sp³-hybridized carbons (Fsp3) is 1.00. The number of rotatable bonds is 5. The summed E-state index contributed by atoms with van der Waals surface area (Å²) in [7, 11) is 3.68. The Bertz CT molecular complexity index is 37.0. The highest BCUT2D eigenvalue weighted by atomic mass is 33.1. The molecule has 0 radical (unpaired) electrons. The lowest BCUT2D eigenvalue weighted by Gasteiger charge is -1.92. The standard InChI is InChI=1S/C4H12N2S2/c5-1-3-7-8-4-2-6/h1-6H2/p+1. The van der Waals surface area contributed by atoms with Crippen molar-refractivity contribution in [3.05, 3.63) is 0 Å². The van der Waals surface area contributed by atoms with Crippen LogP contribution in [0, 0.1) is 0 Å². The van der Waals surface area contributed by atoms with Crippen molar-refractivity contribution in [1.82, 2.24) is 0 Å². The van der Waals surface area contributed by atoms with Crippen LogP contribution in [0.5, 0.6) is 0 Å². The van der Waals surface area contributed by atoms with Gasteiger partial charge in [0.1, 0.15) is 0 Å². The minimum Gasteiger partial charge on any atom is -0.357 e. The van der Waals surface area contributed by atoms with Gasteiger partial charge < -0.3 is 11.5 Å². The van der Waals surface area contributed by atoms with E-state index in [1.54, 1.807) is 0 Å². The van der Waals surface area contributed by atoms with Crippen molar-refractivity contribution in [3.8, 4) is 0 Å². The second kappa shape index (κ2) is 7.62. The van der Waals surface area contributed by atoms with Crippen molar-refractivity contribution >= 4 is 21.6 Å². The molecule has 0 aromatic carbocycles. The van der Waals surface area contributed by atoms with E-state index < -0.39 is 0 Å². The summed E-state index contributed by atoms with van der Waals surface area (Å²) in [6.45, 7) is 1.80. The van der Waals surface area contributed by atoms with Gasteiger partial charge in [0.2, 0.25) is 0 Å². The summed E-state index contributed by atoms with van der Waals surface area (Å²) >= 11 is 0. The monoisotopic (exact) mass is 153 g/mol. The first kappa shape index (κ1) is 8.62. The van der Waals surface area contributed by atoms with Gasteiger partial charge in [0.15, 0.2) is 0 Å². The quantitative estimate of drug-likeness (QED) is 0.416. The van der Waals surface area contributed by atoms with Crippen LogP contribution >= 0.6 is 21.6 Å². The lowest BCUT2D eigenvalue weighted by Crippen LogP contribution is -2.51. The van der Waals surface area contributed by atoms with Gasteiger partial charge in [-0.1, -0.05) is 21.6 Å². The maximum absolute atomic E-state index is 5.26. The average Bonchev–Trinajstić information content (AvgIpc) is 1.81. The number of hydrogen-bond donors (Lipinski definition) is 2. The topological polar surface area (TPSA) is 53.7 Å². The maximum Gasteiger partial charge on any atom is 0.0840 e. The molecule has 0 aliphatic heterocycles. The second-order valence-electron chi connectivity index (χ2n) is 1.29. The van der Waals surface area contributed by atoms with Gasteiger partial charge in [-0.25, -0.2) is 0 Å². The molecule has 0 aliphatic carbocycles. The van der Waals surface area contributed by atoms with Crippen molar-refractivity contribution in [1.29, 1.82) is 0 Å². The molecule has 0 heterocycles. The number of hydrogen-bond acceptors (Lipinski definition) is 3. The molecular formula is C4H13N2S2+. The molecule has 0 rings (SSSR count). The van der Waals surface area contributed by atoms with E-state index in [-0.39, 0.29) is 0 Å². The largest absolute Gasteiger partial charge is 0.357 e. The molecule has 0 unspecified atom stereocenters. The first-order chi connectivity index (χ1) is 3.91. The molecule has 2 nitrogen and oxygen atoms in total. The Morgan fingerprint density at radius 2 is 1.88 bits per heavy atom. The van der Waals surface area contributed by atoms with Crippen LogP contribution in [0.15, 0.2) is 0 Å². The molecular weight excluding hydrogens is 140 g/mol. The van der Waals surface area contributed by atoms with E-state index >= 15 is 0 Å². The Balaban J connectivity index is 2.53. The molecule has 0 aliphatic rings. The summed E-state index contributed by atoms with van der Waals surface area (Å²) in [6.07, 6.45) is 0. The van der Waals surface area contributed by atoms with E-state index in [9.17, 15) is 0 Å². The maximum atomic E-state index is 5.26. The highest BCUT2D eigenvalue weighted by Gasteiger charge is 1.85. The normalized spacial score (nSPS) is 9.75. The Hall–Kier alpha value is 0.620.